The summed E-state index contributed by atoms with van der Waals surface area (Å²) in [5.41, 5.74) is 3.36. The Labute approximate surface area is 159 Å². The summed E-state index contributed by atoms with van der Waals surface area (Å²) in [5, 5.41) is 0. The number of sulfonamides is 1. The van der Waals surface area contributed by atoms with E-state index in [1.165, 1.54) is 30.4 Å². The molecule has 0 aromatic heterocycles. The molecule has 0 bridgehead atoms. The van der Waals surface area contributed by atoms with Gasteiger partial charge in [0, 0.05) is 18.1 Å². The maximum absolute atomic E-state index is 12.4. The number of methoxy groups -OCH3 is 1. The lowest BCUT2D eigenvalue weighted by Crippen LogP contribution is -2.26. The van der Waals surface area contributed by atoms with Crippen molar-refractivity contribution in [3.05, 3.63) is 64.7 Å². The smallest absolute Gasteiger partial charge is 0.338 e. The number of aryl methyl sites for hydroxylation is 2. The standard InChI is InChI=1S/C19H23NO4S2/c1-14-5-4-6-16(11-14)13-25-10-9-20-26(22,23)17-8-7-15(2)18(12-17)19(21)24-3/h4-8,11-12,20H,9-10,13H2,1-3H3. The maximum Gasteiger partial charge on any atom is 0.338 e. The monoisotopic (exact) mass is 393 g/mol. The van der Waals surface area contributed by atoms with Crippen LogP contribution in [-0.4, -0.2) is 33.8 Å². The van der Waals surface area contributed by atoms with Crippen LogP contribution in [0.4, 0.5) is 0 Å². The molecular weight excluding hydrogens is 370 g/mol. The quantitative estimate of drug-likeness (QED) is 0.550. The number of thioether (sulfide) groups is 1. The van der Waals surface area contributed by atoms with Crippen molar-refractivity contribution in [2.75, 3.05) is 19.4 Å². The average Bonchev–Trinajstić information content (AvgIpc) is 2.61. The van der Waals surface area contributed by atoms with Gasteiger partial charge in [-0.2, -0.15) is 11.8 Å². The molecular formula is C19H23NO4S2. The van der Waals surface area contributed by atoms with E-state index in [0.29, 0.717) is 17.9 Å². The van der Waals surface area contributed by atoms with Crippen molar-refractivity contribution in [2.24, 2.45) is 0 Å². The summed E-state index contributed by atoms with van der Waals surface area (Å²) < 4.78 is 32.1. The van der Waals surface area contributed by atoms with E-state index in [0.717, 1.165) is 5.75 Å². The first-order valence-corrected chi connectivity index (χ1v) is 10.8. The number of carbonyl (C=O) groups is 1. The fourth-order valence-corrected chi connectivity index (χ4v) is 4.41. The summed E-state index contributed by atoms with van der Waals surface area (Å²) in [7, 11) is -2.39. The third-order valence-electron chi connectivity index (χ3n) is 3.81. The number of carbonyl (C=O) groups excluding carboxylic acids is 1. The molecule has 0 heterocycles. The zero-order valence-electron chi connectivity index (χ0n) is 15.1. The molecule has 2 aromatic carbocycles. The van der Waals surface area contributed by atoms with Gasteiger partial charge in [0.05, 0.1) is 17.6 Å². The molecule has 2 rings (SSSR count). The summed E-state index contributed by atoms with van der Waals surface area (Å²) in [6, 6.07) is 12.7. The maximum atomic E-state index is 12.4. The van der Waals surface area contributed by atoms with E-state index in [2.05, 4.69) is 16.9 Å². The van der Waals surface area contributed by atoms with Crippen LogP contribution in [0.1, 0.15) is 27.0 Å². The molecule has 0 aliphatic carbocycles. The van der Waals surface area contributed by atoms with E-state index >= 15 is 0 Å². The molecule has 5 nitrogen and oxygen atoms in total. The number of esters is 1. The van der Waals surface area contributed by atoms with Crippen molar-refractivity contribution in [3.63, 3.8) is 0 Å². The second-order valence-corrected chi connectivity index (χ2v) is 8.78. The average molecular weight is 394 g/mol. The number of hydrogen-bond donors (Lipinski definition) is 1. The minimum Gasteiger partial charge on any atom is -0.465 e. The van der Waals surface area contributed by atoms with Crippen LogP contribution >= 0.6 is 11.8 Å². The van der Waals surface area contributed by atoms with Gasteiger partial charge in [-0.3, -0.25) is 0 Å². The topological polar surface area (TPSA) is 72.5 Å². The van der Waals surface area contributed by atoms with Crippen molar-refractivity contribution >= 4 is 27.8 Å². The van der Waals surface area contributed by atoms with Gasteiger partial charge in [0.25, 0.3) is 0 Å². The normalized spacial score (nSPS) is 11.3. The lowest BCUT2D eigenvalue weighted by Gasteiger charge is -2.10. The van der Waals surface area contributed by atoms with Gasteiger partial charge in [0.2, 0.25) is 10.0 Å². The zero-order chi connectivity index (χ0) is 19.2. The molecule has 0 saturated heterocycles. The van der Waals surface area contributed by atoms with Crippen molar-refractivity contribution in [2.45, 2.75) is 24.5 Å². The van der Waals surface area contributed by atoms with Crippen LogP contribution in [0.25, 0.3) is 0 Å². The van der Waals surface area contributed by atoms with Crippen molar-refractivity contribution in [1.82, 2.24) is 4.72 Å². The Bertz CT molecular complexity index is 879. The Hall–Kier alpha value is -1.83. The summed E-state index contributed by atoms with van der Waals surface area (Å²) in [5.74, 6) is 0.941. The molecule has 0 unspecified atom stereocenters. The van der Waals surface area contributed by atoms with Gasteiger partial charge < -0.3 is 4.74 Å². The molecule has 0 fully saturated rings. The molecule has 0 amide bonds. The second-order valence-electron chi connectivity index (χ2n) is 5.91. The van der Waals surface area contributed by atoms with E-state index in [1.807, 2.05) is 19.1 Å². The summed E-state index contributed by atoms with van der Waals surface area (Å²) in [6.07, 6.45) is 0. The predicted octanol–water partition coefficient (Wildman–Crippen LogP) is 3.30. The summed E-state index contributed by atoms with van der Waals surface area (Å²) in [6.45, 7) is 4.10. The van der Waals surface area contributed by atoms with Crippen molar-refractivity contribution < 1.29 is 17.9 Å². The minimum absolute atomic E-state index is 0.0622. The lowest BCUT2D eigenvalue weighted by molar-refractivity contribution is 0.0599. The highest BCUT2D eigenvalue weighted by Gasteiger charge is 2.18. The van der Waals surface area contributed by atoms with Crippen molar-refractivity contribution in [3.8, 4) is 0 Å². The minimum atomic E-state index is -3.66. The number of ether oxygens (including phenoxy) is 1. The van der Waals surface area contributed by atoms with Gasteiger partial charge in [0.15, 0.2) is 0 Å². The highest BCUT2D eigenvalue weighted by molar-refractivity contribution is 7.98. The van der Waals surface area contributed by atoms with Crippen LogP contribution in [0.5, 0.6) is 0 Å². The van der Waals surface area contributed by atoms with E-state index in [1.54, 1.807) is 24.8 Å². The first-order valence-electron chi connectivity index (χ1n) is 8.15. The molecule has 7 heteroatoms. The highest BCUT2D eigenvalue weighted by atomic mass is 32.2. The Morgan fingerprint density at radius 1 is 1.15 bits per heavy atom. The van der Waals surface area contributed by atoms with Crippen LogP contribution in [0.15, 0.2) is 47.4 Å². The molecule has 2 aromatic rings. The lowest BCUT2D eigenvalue weighted by atomic mass is 10.1. The predicted molar refractivity (Wildman–Crippen MR) is 105 cm³/mol. The Morgan fingerprint density at radius 2 is 1.92 bits per heavy atom. The molecule has 0 spiro atoms. The first kappa shape index (κ1) is 20.5. The number of hydrogen-bond acceptors (Lipinski definition) is 5. The molecule has 0 aliphatic rings. The Morgan fingerprint density at radius 3 is 2.62 bits per heavy atom. The van der Waals surface area contributed by atoms with Crippen LogP contribution in [-0.2, 0) is 20.5 Å². The second kappa shape index (κ2) is 9.21. The molecule has 140 valence electrons. The molecule has 0 saturated carbocycles. The molecule has 0 aliphatic heterocycles. The highest BCUT2D eigenvalue weighted by Crippen LogP contribution is 2.17. The van der Waals surface area contributed by atoms with Gasteiger partial charge in [-0.25, -0.2) is 17.9 Å². The first-order chi connectivity index (χ1) is 12.3. The third-order valence-corrected chi connectivity index (χ3v) is 6.30. The molecule has 0 radical (unpaired) electrons. The van der Waals surface area contributed by atoms with Gasteiger partial charge >= 0.3 is 5.97 Å². The van der Waals surface area contributed by atoms with Gasteiger partial charge in [0.1, 0.15) is 0 Å². The van der Waals surface area contributed by atoms with E-state index < -0.39 is 16.0 Å². The van der Waals surface area contributed by atoms with Crippen LogP contribution < -0.4 is 4.72 Å². The molecule has 26 heavy (non-hydrogen) atoms. The number of benzene rings is 2. The van der Waals surface area contributed by atoms with E-state index in [-0.39, 0.29) is 10.5 Å². The molecule has 0 atom stereocenters. The number of rotatable bonds is 8. The van der Waals surface area contributed by atoms with Crippen molar-refractivity contribution in [1.29, 1.82) is 0 Å². The van der Waals surface area contributed by atoms with Gasteiger partial charge in [-0.05, 0) is 37.1 Å². The SMILES string of the molecule is COC(=O)c1cc(S(=O)(=O)NCCSCc2cccc(C)c2)ccc1C. The zero-order valence-corrected chi connectivity index (χ0v) is 16.7. The largest absolute Gasteiger partial charge is 0.465 e. The fraction of sp³-hybridized carbons (Fsp3) is 0.316. The number of nitrogens with one attached hydrogen (secondary N) is 1. The Kier molecular flexibility index (Phi) is 7.25. The van der Waals surface area contributed by atoms with Gasteiger partial charge in [-0.1, -0.05) is 35.9 Å². The van der Waals surface area contributed by atoms with E-state index in [4.69, 9.17) is 4.74 Å². The third kappa shape index (κ3) is 5.59. The fourth-order valence-electron chi connectivity index (χ4n) is 2.42. The summed E-state index contributed by atoms with van der Waals surface area (Å²) >= 11 is 1.66. The van der Waals surface area contributed by atoms with Gasteiger partial charge in [-0.15, -0.1) is 0 Å². The Balaban J connectivity index is 1.91. The molecule has 1 N–H and O–H groups in total. The van der Waals surface area contributed by atoms with Crippen LogP contribution in [0.2, 0.25) is 0 Å². The summed E-state index contributed by atoms with van der Waals surface area (Å²) in [4.78, 5) is 11.8. The van der Waals surface area contributed by atoms with Crippen LogP contribution in [0.3, 0.4) is 0 Å². The van der Waals surface area contributed by atoms with Crippen LogP contribution in [0, 0.1) is 13.8 Å². The van der Waals surface area contributed by atoms with E-state index in [9.17, 15) is 13.2 Å².